The summed E-state index contributed by atoms with van der Waals surface area (Å²) in [5.74, 6) is 1.13. The quantitative estimate of drug-likeness (QED) is 0.844. The van der Waals surface area contributed by atoms with Crippen LogP contribution in [-0.4, -0.2) is 37.6 Å². The fourth-order valence-corrected chi connectivity index (χ4v) is 2.23. The van der Waals surface area contributed by atoms with Crippen molar-refractivity contribution in [2.75, 3.05) is 20.6 Å². The summed E-state index contributed by atoms with van der Waals surface area (Å²) < 4.78 is 11.0. The second-order valence-electron chi connectivity index (χ2n) is 5.64. The Bertz CT molecular complexity index is 687. The Kier molecular flexibility index (Phi) is 5.99. The van der Waals surface area contributed by atoms with Gasteiger partial charge in [-0.2, -0.15) is 5.26 Å². The summed E-state index contributed by atoms with van der Waals surface area (Å²) in [6, 6.07) is 12.3. The molecule has 0 fully saturated rings. The van der Waals surface area contributed by atoms with Crippen LogP contribution >= 0.6 is 0 Å². The van der Waals surface area contributed by atoms with E-state index in [1.807, 2.05) is 37.2 Å². The normalized spacial score (nSPS) is 13.1. The molecule has 0 radical (unpaired) electrons. The molecular weight excluding hydrogens is 306 g/mol. The molecule has 0 aliphatic carbocycles. The first-order valence-corrected chi connectivity index (χ1v) is 7.65. The van der Waals surface area contributed by atoms with E-state index in [2.05, 4.69) is 5.32 Å². The topological polar surface area (TPSA) is 78.5 Å². The van der Waals surface area contributed by atoms with E-state index in [-0.39, 0.29) is 11.9 Å². The van der Waals surface area contributed by atoms with E-state index in [4.69, 9.17) is 14.4 Å². The van der Waals surface area contributed by atoms with Crippen LogP contribution < -0.4 is 10.1 Å². The zero-order valence-corrected chi connectivity index (χ0v) is 14.0. The van der Waals surface area contributed by atoms with Crippen molar-refractivity contribution in [1.29, 1.82) is 5.26 Å². The van der Waals surface area contributed by atoms with Crippen LogP contribution in [0.25, 0.3) is 0 Å². The molecule has 2 rings (SSSR count). The summed E-state index contributed by atoms with van der Waals surface area (Å²) in [7, 11) is 3.85. The molecule has 6 heteroatoms. The molecule has 126 valence electrons. The van der Waals surface area contributed by atoms with Crippen LogP contribution in [0.2, 0.25) is 0 Å². The molecular formula is C18H21N3O3. The molecule has 0 bridgehead atoms. The number of hydrogen-bond acceptors (Lipinski definition) is 5. The first kappa shape index (κ1) is 17.6. The highest BCUT2D eigenvalue weighted by atomic mass is 16.5. The van der Waals surface area contributed by atoms with Gasteiger partial charge in [0.25, 0.3) is 5.91 Å². The molecule has 0 spiro atoms. The Balaban J connectivity index is 1.89. The maximum atomic E-state index is 12.2. The number of carbonyl (C=O) groups is 1. The van der Waals surface area contributed by atoms with Gasteiger partial charge < -0.3 is 14.5 Å². The number of rotatable bonds is 7. The van der Waals surface area contributed by atoms with Crippen molar-refractivity contribution in [2.45, 2.75) is 19.1 Å². The minimum absolute atomic E-state index is 0.0499. The van der Waals surface area contributed by atoms with Gasteiger partial charge in [-0.15, -0.1) is 0 Å². The Morgan fingerprint density at radius 2 is 2.04 bits per heavy atom. The van der Waals surface area contributed by atoms with Crippen molar-refractivity contribution in [3.63, 3.8) is 0 Å². The highest BCUT2D eigenvalue weighted by molar-refractivity contribution is 5.80. The number of furan rings is 1. The zero-order chi connectivity index (χ0) is 17.5. The fraction of sp³-hybridized carbons (Fsp3) is 0.333. The van der Waals surface area contributed by atoms with Crippen LogP contribution in [0.4, 0.5) is 0 Å². The lowest BCUT2D eigenvalue weighted by molar-refractivity contribution is -0.127. The molecule has 1 aromatic heterocycles. The second-order valence-corrected chi connectivity index (χ2v) is 5.64. The third-order valence-electron chi connectivity index (χ3n) is 3.63. The average Bonchev–Trinajstić information content (AvgIpc) is 3.09. The lowest BCUT2D eigenvalue weighted by Crippen LogP contribution is -2.40. The highest BCUT2D eigenvalue weighted by Gasteiger charge is 2.20. The van der Waals surface area contributed by atoms with E-state index < -0.39 is 6.10 Å². The van der Waals surface area contributed by atoms with Crippen LogP contribution in [0.5, 0.6) is 5.75 Å². The van der Waals surface area contributed by atoms with Crippen molar-refractivity contribution < 1.29 is 13.9 Å². The molecule has 0 aliphatic rings. The number of nitrogens with one attached hydrogen (secondary N) is 1. The van der Waals surface area contributed by atoms with E-state index in [0.717, 1.165) is 5.76 Å². The second kappa shape index (κ2) is 8.18. The van der Waals surface area contributed by atoms with Gasteiger partial charge in [-0.05, 0) is 57.4 Å². The molecule has 2 unspecified atom stereocenters. The van der Waals surface area contributed by atoms with Gasteiger partial charge in [0.2, 0.25) is 0 Å². The number of carbonyl (C=O) groups excluding carboxylic acids is 1. The standard InChI is InChI=1S/C18H21N3O3/c1-13(24-15-8-6-14(11-19)7-9-15)18(22)20-12-16(21(2)3)17-5-4-10-23-17/h4-10,13,16H,12H2,1-3H3,(H,20,22). The number of nitriles is 1. The van der Waals surface area contributed by atoms with Crippen LogP contribution in [0, 0.1) is 11.3 Å². The average molecular weight is 327 g/mol. The number of benzene rings is 1. The van der Waals surface area contributed by atoms with Gasteiger partial charge in [-0.3, -0.25) is 9.69 Å². The van der Waals surface area contributed by atoms with E-state index in [1.54, 1.807) is 37.5 Å². The van der Waals surface area contributed by atoms with Gasteiger partial charge in [0, 0.05) is 6.54 Å². The molecule has 0 saturated carbocycles. The molecule has 1 N–H and O–H groups in total. The Hall–Kier alpha value is -2.78. The number of hydrogen-bond donors (Lipinski definition) is 1. The number of ether oxygens (including phenoxy) is 1. The Morgan fingerprint density at radius 3 is 2.58 bits per heavy atom. The highest BCUT2D eigenvalue weighted by Crippen LogP contribution is 2.18. The van der Waals surface area contributed by atoms with E-state index >= 15 is 0 Å². The lowest BCUT2D eigenvalue weighted by atomic mass is 10.2. The first-order valence-electron chi connectivity index (χ1n) is 7.65. The van der Waals surface area contributed by atoms with Crippen LogP contribution in [0.1, 0.15) is 24.3 Å². The molecule has 1 heterocycles. The third kappa shape index (κ3) is 4.61. The summed E-state index contributed by atoms with van der Waals surface area (Å²) in [4.78, 5) is 14.2. The summed E-state index contributed by atoms with van der Waals surface area (Å²) in [5, 5.41) is 11.7. The predicted octanol–water partition coefficient (Wildman–Crippen LogP) is 2.34. The molecule has 0 saturated heterocycles. The SMILES string of the molecule is CC(Oc1ccc(C#N)cc1)C(=O)NCC(c1ccco1)N(C)C. The van der Waals surface area contributed by atoms with Crippen molar-refractivity contribution in [1.82, 2.24) is 10.2 Å². The number of nitrogens with zero attached hydrogens (tertiary/aromatic N) is 2. The van der Waals surface area contributed by atoms with Crippen LogP contribution in [0.3, 0.4) is 0 Å². The Morgan fingerprint density at radius 1 is 1.33 bits per heavy atom. The molecule has 1 aromatic carbocycles. The minimum Gasteiger partial charge on any atom is -0.481 e. The van der Waals surface area contributed by atoms with E-state index in [1.165, 1.54) is 0 Å². The summed E-state index contributed by atoms with van der Waals surface area (Å²) in [6.07, 6.45) is 0.974. The zero-order valence-electron chi connectivity index (χ0n) is 14.0. The van der Waals surface area contributed by atoms with Crippen LogP contribution in [0.15, 0.2) is 47.1 Å². The maximum absolute atomic E-state index is 12.2. The van der Waals surface area contributed by atoms with Gasteiger partial charge >= 0.3 is 0 Å². The van der Waals surface area contributed by atoms with Crippen LogP contribution in [-0.2, 0) is 4.79 Å². The monoisotopic (exact) mass is 327 g/mol. The minimum atomic E-state index is -0.641. The van der Waals surface area contributed by atoms with Crippen molar-refractivity contribution in [3.05, 3.63) is 54.0 Å². The Labute approximate surface area is 141 Å². The van der Waals surface area contributed by atoms with Gasteiger partial charge in [0.05, 0.1) is 23.9 Å². The summed E-state index contributed by atoms with van der Waals surface area (Å²) in [5.41, 5.74) is 0.548. The van der Waals surface area contributed by atoms with E-state index in [0.29, 0.717) is 17.9 Å². The smallest absolute Gasteiger partial charge is 0.260 e. The lowest BCUT2D eigenvalue weighted by Gasteiger charge is -2.23. The molecule has 0 aliphatic heterocycles. The van der Waals surface area contributed by atoms with Gasteiger partial charge in [0.15, 0.2) is 6.10 Å². The molecule has 2 atom stereocenters. The third-order valence-corrected chi connectivity index (χ3v) is 3.63. The van der Waals surface area contributed by atoms with Gasteiger partial charge in [-0.25, -0.2) is 0 Å². The summed E-state index contributed by atoms with van der Waals surface area (Å²) in [6.45, 7) is 2.10. The molecule has 1 amide bonds. The molecule has 6 nitrogen and oxygen atoms in total. The maximum Gasteiger partial charge on any atom is 0.260 e. The van der Waals surface area contributed by atoms with E-state index in [9.17, 15) is 4.79 Å². The first-order chi connectivity index (χ1) is 11.5. The number of amides is 1. The predicted molar refractivity (Wildman–Crippen MR) is 89.4 cm³/mol. The molecule has 2 aromatic rings. The largest absolute Gasteiger partial charge is 0.481 e. The molecule has 24 heavy (non-hydrogen) atoms. The van der Waals surface area contributed by atoms with Gasteiger partial charge in [-0.1, -0.05) is 0 Å². The van der Waals surface area contributed by atoms with Crippen molar-refractivity contribution >= 4 is 5.91 Å². The van der Waals surface area contributed by atoms with Crippen molar-refractivity contribution in [2.24, 2.45) is 0 Å². The summed E-state index contributed by atoms with van der Waals surface area (Å²) >= 11 is 0. The number of likely N-dealkylation sites (N-methyl/N-ethyl adjacent to an activating group) is 1. The van der Waals surface area contributed by atoms with Gasteiger partial charge in [0.1, 0.15) is 11.5 Å². The fourth-order valence-electron chi connectivity index (χ4n) is 2.23. The van der Waals surface area contributed by atoms with Crippen molar-refractivity contribution in [3.8, 4) is 11.8 Å².